The monoisotopic (exact) mass is 397 g/mol. The smallest absolute Gasteiger partial charge is 0.125 e. The van der Waals surface area contributed by atoms with Crippen LogP contribution in [0.15, 0.2) is 83.5 Å². The molecule has 1 atom stereocenters. The van der Waals surface area contributed by atoms with Gasteiger partial charge in [0.15, 0.2) is 0 Å². The van der Waals surface area contributed by atoms with Crippen LogP contribution in [0.4, 0.5) is 0 Å². The van der Waals surface area contributed by atoms with E-state index in [-0.39, 0.29) is 5.92 Å². The van der Waals surface area contributed by atoms with Gasteiger partial charge in [-0.2, -0.15) is 15.8 Å². The van der Waals surface area contributed by atoms with Crippen molar-refractivity contribution in [3.8, 4) is 23.9 Å². The molecule has 0 fully saturated rings. The SMILES string of the molecule is N#CC1=CN=C(C#N)C(c2ccccc2-n2c3ccccc3c3cc(C#N)ccc32)C1. The van der Waals surface area contributed by atoms with E-state index in [9.17, 15) is 15.8 Å². The van der Waals surface area contributed by atoms with Gasteiger partial charge in [0.2, 0.25) is 0 Å². The summed E-state index contributed by atoms with van der Waals surface area (Å²) in [4.78, 5) is 4.25. The van der Waals surface area contributed by atoms with E-state index in [1.165, 1.54) is 6.20 Å². The second kappa shape index (κ2) is 7.30. The van der Waals surface area contributed by atoms with Crippen molar-refractivity contribution in [1.29, 1.82) is 15.8 Å². The van der Waals surface area contributed by atoms with Gasteiger partial charge in [0.25, 0.3) is 0 Å². The van der Waals surface area contributed by atoms with Gasteiger partial charge in [-0.15, -0.1) is 0 Å². The number of nitriles is 3. The standard InChI is InChI=1S/C26H15N5/c27-13-17-9-10-26-22(11-17)20-6-2-4-8-25(20)31(26)24-7-3-1-5-19(24)21-12-18(14-28)16-30-23(21)15-29/h1-11,16,21H,12H2. The van der Waals surface area contributed by atoms with Gasteiger partial charge in [0, 0.05) is 28.5 Å². The summed E-state index contributed by atoms with van der Waals surface area (Å²) in [6.07, 6.45) is 1.93. The Morgan fingerprint density at radius 2 is 1.58 bits per heavy atom. The van der Waals surface area contributed by atoms with Gasteiger partial charge in [-0.25, -0.2) is 4.99 Å². The Labute approximate surface area is 179 Å². The highest BCUT2D eigenvalue weighted by atomic mass is 15.0. The number of rotatable bonds is 2. The predicted octanol–water partition coefficient (Wildman–Crippen LogP) is 5.51. The van der Waals surface area contributed by atoms with Crippen molar-refractivity contribution in [2.75, 3.05) is 0 Å². The van der Waals surface area contributed by atoms with E-state index >= 15 is 0 Å². The van der Waals surface area contributed by atoms with Crippen molar-refractivity contribution in [1.82, 2.24) is 4.57 Å². The van der Waals surface area contributed by atoms with Crippen LogP contribution in [0.25, 0.3) is 27.5 Å². The fourth-order valence-corrected chi connectivity index (χ4v) is 4.33. The van der Waals surface area contributed by atoms with Crippen molar-refractivity contribution in [3.05, 3.63) is 89.6 Å². The van der Waals surface area contributed by atoms with E-state index in [2.05, 4.69) is 39.9 Å². The minimum Gasteiger partial charge on any atom is -0.309 e. The van der Waals surface area contributed by atoms with Gasteiger partial charge in [-0.1, -0.05) is 36.4 Å². The zero-order valence-corrected chi connectivity index (χ0v) is 16.4. The maximum absolute atomic E-state index is 9.67. The number of hydrogen-bond donors (Lipinski definition) is 0. The molecule has 0 amide bonds. The van der Waals surface area contributed by atoms with Crippen LogP contribution in [0, 0.1) is 34.0 Å². The Bertz CT molecular complexity index is 1550. The Morgan fingerprint density at radius 3 is 2.39 bits per heavy atom. The summed E-state index contributed by atoms with van der Waals surface area (Å²) in [5, 5.41) is 30.5. The lowest BCUT2D eigenvalue weighted by Crippen LogP contribution is -2.17. The number of aliphatic imine (C=N–C) groups is 1. The highest BCUT2D eigenvalue weighted by Gasteiger charge is 2.26. The lowest BCUT2D eigenvalue weighted by molar-refractivity contribution is 0.857. The summed E-state index contributed by atoms with van der Waals surface area (Å²) >= 11 is 0. The molecular weight excluding hydrogens is 382 g/mol. The van der Waals surface area contributed by atoms with E-state index in [1.807, 2.05) is 54.6 Å². The quantitative estimate of drug-likeness (QED) is 0.446. The van der Waals surface area contributed by atoms with E-state index in [0.29, 0.717) is 23.3 Å². The highest BCUT2D eigenvalue weighted by Crippen LogP contribution is 2.37. The molecular formula is C26H15N5. The molecule has 0 spiro atoms. The van der Waals surface area contributed by atoms with Crippen molar-refractivity contribution < 1.29 is 0 Å². The van der Waals surface area contributed by atoms with E-state index in [4.69, 9.17) is 0 Å². The van der Waals surface area contributed by atoms with E-state index in [1.54, 1.807) is 0 Å². The van der Waals surface area contributed by atoms with Crippen molar-refractivity contribution in [2.45, 2.75) is 12.3 Å². The van der Waals surface area contributed by atoms with Crippen LogP contribution in [-0.2, 0) is 0 Å². The number of para-hydroxylation sites is 2. The molecule has 2 heterocycles. The molecule has 0 aliphatic carbocycles. The third-order valence-corrected chi connectivity index (χ3v) is 5.73. The topological polar surface area (TPSA) is 88.7 Å². The summed E-state index contributed by atoms with van der Waals surface area (Å²) in [6, 6.07) is 28.3. The number of benzene rings is 3. The minimum absolute atomic E-state index is 0.296. The lowest BCUT2D eigenvalue weighted by atomic mass is 9.86. The molecule has 4 aromatic rings. The first kappa shape index (κ1) is 18.4. The number of nitrogens with zero attached hydrogens (tertiary/aromatic N) is 5. The van der Waals surface area contributed by atoms with Gasteiger partial charge < -0.3 is 4.57 Å². The average Bonchev–Trinajstić information content (AvgIpc) is 3.17. The largest absolute Gasteiger partial charge is 0.309 e. The molecule has 3 aromatic carbocycles. The molecule has 0 saturated carbocycles. The summed E-state index contributed by atoms with van der Waals surface area (Å²) in [5.74, 6) is -0.296. The Hall–Kier alpha value is -4.66. The molecule has 5 nitrogen and oxygen atoms in total. The van der Waals surface area contributed by atoms with Crippen LogP contribution in [0.5, 0.6) is 0 Å². The summed E-state index contributed by atoms with van der Waals surface area (Å²) < 4.78 is 2.17. The first-order valence-electron chi connectivity index (χ1n) is 9.84. The van der Waals surface area contributed by atoms with Crippen molar-refractivity contribution >= 4 is 27.5 Å². The normalized spacial score (nSPS) is 15.6. The second-order valence-electron chi connectivity index (χ2n) is 7.40. The summed E-state index contributed by atoms with van der Waals surface area (Å²) in [6.45, 7) is 0. The van der Waals surface area contributed by atoms with E-state index in [0.717, 1.165) is 33.1 Å². The molecule has 31 heavy (non-hydrogen) atoms. The second-order valence-corrected chi connectivity index (χ2v) is 7.40. The lowest BCUT2D eigenvalue weighted by Gasteiger charge is -2.22. The zero-order valence-electron chi connectivity index (χ0n) is 16.4. The molecule has 1 aliphatic heterocycles. The van der Waals surface area contributed by atoms with Gasteiger partial charge in [0.1, 0.15) is 11.8 Å². The van der Waals surface area contributed by atoms with Crippen molar-refractivity contribution in [3.63, 3.8) is 0 Å². The zero-order chi connectivity index (χ0) is 21.4. The maximum Gasteiger partial charge on any atom is 0.125 e. The molecule has 0 N–H and O–H groups in total. The fourth-order valence-electron chi connectivity index (χ4n) is 4.33. The van der Waals surface area contributed by atoms with Gasteiger partial charge in [0.05, 0.1) is 34.4 Å². The number of allylic oxidation sites excluding steroid dienone is 1. The Kier molecular flexibility index (Phi) is 4.33. The highest BCUT2D eigenvalue weighted by molar-refractivity contribution is 6.10. The molecule has 1 aliphatic rings. The van der Waals surface area contributed by atoms with Crippen LogP contribution in [0.2, 0.25) is 0 Å². The molecule has 0 radical (unpaired) electrons. The minimum atomic E-state index is -0.296. The molecule has 0 bridgehead atoms. The third-order valence-electron chi connectivity index (χ3n) is 5.73. The first-order valence-corrected chi connectivity index (χ1v) is 9.84. The number of fused-ring (bicyclic) bond motifs is 3. The van der Waals surface area contributed by atoms with Gasteiger partial charge >= 0.3 is 0 Å². The average molecular weight is 397 g/mol. The molecule has 0 saturated heterocycles. The van der Waals surface area contributed by atoms with Crippen LogP contribution in [0.1, 0.15) is 23.5 Å². The fraction of sp³-hybridized carbons (Fsp3) is 0.0769. The number of hydrogen-bond acceptors (Lipinski definition) is 4. The maximum atomic E-state index is 9.67. The van der Waals surface area contributed by atoms with Crippen LogP contribution in [0.3, 0.4) is 0 Å². The van der Waals surface area contributed by atoms with Crippen LogP contribution in [-0.4, -0.2) is 10.3 Å². The van der Waals surface area contributed by atoms with Gasteiger partial charge in [-0.05, 0) is 42.3 Å². The molecule has 144 valence electrons. The molecule has 5 rings (SSSR count). The summed E-state index contributed by atoms with van der Waals surface area (Å²) in [5.41, 5.74) is 5.44. The molecule has 5 heteroatoms. The first-order chi connectivity index (χ1) is 15.2. The number of aromatic nitrogens is 1. The molecule has 1 unspecified atom stereocenters. The predicted molar refractivity (Wildman–Crippen MR) is 120 cm³/mol. The van der Waals surface area contributed by atoms with E-state index < -0.39 is 0 Å². The van der Waals surface area contributed by atoms with Crippen molar-refractivity contribution in [2.24, 2.45) is 4.99 Å². The Morgan fingerprint density at radius 1 is 0.806 bits per heavy atom. The summed E-state index contributed by atoms with van der Waals surface area (Å²) in [7, 11) is 0. The van der Waals surface area contributed by atoms with Crippen LogP contribution < -0.4 is 0 Å². The van der Waals surface area contributed by atoms with Crippen LogP contribution >= 0.6 is 0 Å². The third kappa shape index (κ3) is 2.87. The van der Waals surface area contributed by atoms with Gasteiger partial charge in [-0.3, -0.25) is 0 Å². The molecule has 1 aromatic heterocycles. The Balaban J connectivity index is 1.82.